The predicted molar refractivity (Wildman–Crippen MR) is 70.4 cm³/mol. The maximum absolute atomic E-state index is 5.53. The van der Waals surface area contributed by atoms with Crippen molar-refractivity contribution in [1.29, 1.82) is 0 Å². The van der Waals surface area contributed by atoms with Crippen LogP contribution in [0.3, 0.4) is 0 Å². The lowest BCUT2D eigenvalue weighted by molar-refractivity contribution is 0.0270. The van der Waals surface area contributed by atoms with Gasteiger partial charge < -0.3 is 14.8 Å². The standard InChI is InChI=1S/C13H28N2O2/c1-4-14-8-13(11-16-3)15(2)9-12-6-5-7-17-10-12/h12-14H,4-11H2,1-3H3. The number of methoxy groups -OCH3 is 1. The number of hydrogen-bond acceptors (Lipinski definition) is 4. The summed E-state index contributed by atoms with van der Waals surface area (Å²) in [6, 6.07) is 0.460. The molecule has 0 aromatic heterocycles. The maximum Gasteiger partial charge on any atom is 0.0630 e. The Balaban J connectivity index is 2.31. The van der Waals surface area contributed by atoms with E-state index in [-0.39, 0.29) is 0 Å². The molecule has 2 unspecified atom stereocenters. The van der Waals surface area contributed by atoms with Crippen LogP contribution in [0.5, 0.6) is 0 Å². The Morgan fingerprint density at radius 1 is 1.53 bits per heavy atom. The molecule has 17 heavy (non-hydrogen) atoms. The van der Waals surface area contributed by atoms with Crippen molar-refractivity contribution in [3.8, 4) is 0 Å². The Morgan fingerprint density at radius 3 is 2.94 bits per heavy atom. The summed E-state index contributed by atoms with van der Waals surface area (Å²) in [4.78, 5) is 2.41. The van der Waals surface area contributed by atoms with Crippen LogP contribution in [0.4, 0.5) is 0 Å². The molecule has 0 bridgehead atoms. The Bertz CT molecular complexity index is 184. The topological polar surface area (TPSA) is 33.7 Å². The van der Waals surface area contributed by atoms with Crippen LogP contribution in [-0.4, -0.2) is 64.6 Å². The van der Waals surface area contributed by atoms with Gasteiger partial charge in [0.1, 0.15) is 0 Å². The van der Waals surface area contributed by atoms with Crippen molar-refractivity contribution < 1.29 is 9.47 Å². The zero-order chi connectivity index (χ0) is 12.5. The molecular formula is C13H28N2O2. The van der Waals surface area contributed by atoms with Crippen molar-refractivity contribution in [3.05, 3.63) is 0 Å². The van der Waals surface area contributed by atoms with Crippen molar-refractivity contribution in [2.24, 2.45) is 5.92 Å². The SMILES string of the molecule is CCNCC(COC)N(C)CC1CCCOC1. The third kappa shape index (κ3) is 5.82. The molecule has 1 saturated heterocycles. The summed E-state index contributed by atoms with van der Waals surface area (Å²) in [6.07, 6.45) is 2.51. The first-order chi connectivity index (χ1) is 8.27. The molecule has 0 aromatic rings. The molecule has 1 heterocycles. The molecule has 4 nitrogen and oxygen atoms in total. The molecule has 4 heteroatoms. The normalized spacial score (nSPS) is 22.9. The van der Waals surface area contributed by atoms with Crippen LogP contribution >= 0.6 is 0 Å². The summed E-state index contributed by atoms with van der Waals surface area (Å²) < 4.78 is 10.8. The minimum absolute atomic E-state index is 0.460. The molecule has 1 fully saturated rings. The van der Waals surface area contributed by atoms with Gasteiger partial charge in [0.15, 0.2) is 0 Å². The fourth-order valence-electron chi connectivity index (χ4n) is 2.35. The van der Waals surface area contributed by atoms with E-state index in [1.165, 1.54) is 12.8 Å². The van der Waals surface area contributed by atoms with E-state index in [1.54, 1.807) is 7.11 Å². The van der Waals surface area contributed by atoms with Crippen LogP contribution in [0.25, 0.3) is 0 Å². The Hall–Kier alpha value is -0.160. The van der Waals surface area contributed by atoms with Gasteiger partial charge in [0.25, 0.3) is 0 Å². The monoisotopic (exact) mass is 244 g/mol. The van der Waals surface area contributed by atoms with E-state index in [0.717, 1.165) is 39.5 Å². The smallest absolute Gasteiger partial charge is 0.0630 e. The minimum Gasteiger partial charge on any atom is -0.383 e. The van der Waals surface area contributed by atoms with E-state index in [0.29, 0.717) is 12.0 Å². The highest BCUT2D eigenvalue weighted by Crippen LogP contribution is 2.15. The van der Waals surface area contributed by atoms with Crippen molar-refractivity contribution in [1.82, 2.24) is 10.2 Å². The van der Waals surface area contributed by atoms with Gasteiger partial charge in [-0.2, -0.15) is 0 Å². The highest BCUT2D eigenvalue weighted by molar-refractivity contribution is 4.75. The fraction of sp³-hybridized carbons (Fsp3) is 1.00. The Morgan fingerprint density at radius 2 is 2.35 bits per heavy atom. The average molecular weight is 244 g/mol. The van der Waals surface area contributed by atoms with Crippen molar-refractivity contribution in [3.63, 3.8) is 0 Å². The number of nitrogens with zero attached hydrogens (tertiary/aromatic N) is 1. The summed E-state index contributed by atoms with van der Waals surface area (Å²) >= 11 is 0. The lowest BCUT2D eigenvalue weighted by Crippen LogP contribution is -2.45. The van der Waals surface area contributed by atoms with Crippen molar-refractivity contribution >= 4 is 0 Å². The first-order valence-electron chi connectivity index (χ1n) is 6.75. The molecule has 0 saturated carbocycles. The van der Waals surface area contributed by atoms with Crippen LogP contribution in [-0.2, 0) is 9.47 Å². The molecule has 0 radical (unpaired) electrons. The van der Waals surface area contributed by atoms with Gasteiger partial charge in [0, 0.05) is 32.8 Å². The van der Waals surface area contributed by atoms with E-state index in [1.807, 2.05) is 0 Å². The third-order valence-corrected chi connectivity index (χ3v) is 3.41. The second-order valence-electron chi connectivity index (χ2n) is 4.94. The molecule has 1 N–H and O–H groups in total. The van der Waals surface area contributed by atoms with Gasteiger partial charge in [-0.25, -0.2) is 0 Å². The van der Waals surface area contributed by atoms with Gasteiger partial charge in [-0.05, 0) is 32.4 Å². The number of nitrogens with one attached hydrogen (secondary N) is 1. The number of ether oxygens (including phenoxy) is 2. The zero-order valence-corrected chi connectivity index (χ0v) is 11.6. The Kier molecular flexibility index (Phi) is 7.77. The van der Waals surface area contributed by atoms with E-state index >= 15 is 0 Å². The van der Waals surface area contributed by atoms with Gasteiger partial charge in [-0.15, -0.1) is 0 Å². The molecule has 102 valence electrons. The molecular weight excluding hydrogens is 216 g/mol. The van der Waals surface area contributed by atoms with Crippen molar-refractivity contribution in [2.75, 3.05) is 53.6 Å². The van der Waals surface area contributed by atoms with Gasteiger partial charge in [0.05, 0.1) is 13.2 Å². The highest BCUT2D eigenvalue weighted by atomic mass is 16.5. The van der Waals surface area contributed by atoms with Gasteiger partial charge in [0.2, 0.25) is 0 Å². The molecule has 1 aliphatic heterocycles. The summed E-state index contributed by atoms with van der Waals surface area (Å²) in [5.74, 6) is 0.690. The predicted octanol–water partition coefficient (Wildman–Crippen LogP) is 0.969. The largest absolute Gasteiger partial charge is 0.383 e. The molecule has 1 rings (SSSR count). The van der Waals surface area contributed by atoms with Crippen molar-refractivity contribution in [2.45, 2.75) is 25.8 Å². The summed E-state index contributed by atoms with van der Waals surface area (Å²) in [6.45, 7) is 7.91. The van der Waals surface area contributed by atoms with Crippen LogP contribution < -0.4 is 5.32 Å². The lowest BCUT2D eigenvalue weighted by Gasteiger charge is -2.32. The van der Waals surface area contributed by atoms with Gasteiger partial charge >= 0.3 is 0 Å². The first-order valence-corrected chi connectivity index (χ1v) is 6.75. The average Bonchev–Trinajstić information content (AvgIpc) is 2.35. The number of rotatable bonds is 8. The van der Waals surface area contributed by atoms with E-state index in [2.05, 4.69) is 24.2 Å². The fourth-order valence-corrected chi connectivity index (χ4v) is 2.35. The van der Waals surface area contributed by atoms with Crippen LogP contribution in [0, 0.1) is 5.92 Å². The van der Waals surface area contributed by atoms with E-state index in [4.69, 9.17) is 9.47 Å². The van der Waals surface area contributed by atoms with Crippen LogP contribution in [0.2, 0.25) is 0 Å². The minimum atomic E-state index is 0.460. The molecule has 0 spiro atoms. The molecule has 0 aliphatic carbocycles. The summed E-state index contributed by atoms with van der Waals surface area (Å²) in [5, 5.41) is 3.40. The molecule has 0 amide bonds. The number of likely N-dealkylation sites (N-methyl/N-ethyl adjacent to an activating group) is 2. The number of hydrogen-bond donors (Lipinski definition) is 1. The third-order valence-electron chi connectivity index (χ3n) is 3.41. The second kappa shape index (κ2) is 8.86. The van der Waals surface area contributed by atoms with Crippen LogP contribution in [0.1, 0.15) is 19.8 Å². The van der Waals surface area contributed by atoms with Crippen LogP contribution in [0.15, 0.2) is 0 Å². The lowest BCUT2D eigenvalue weighted by atomic mass is 10.0. The Labute approximate surface area is 106 Å². The summed E-state index contributed by atoms with van der Waals surface area (Å²) in [7, 11) is 3.96. The molecule has 0 aromatic carbocycles. The van der Waals surface area contributed by atoms with Gasteiger partial charge in [-0.3, -0.25) is 4.90 Å². The second-order valence-corrected chi connectivity index (χ2v) is 4.94. The highest BCUT2D eigenvalue weighted by Gasteiger charge is 2.20. The van der Waals surface area contributed by atoms with E-state index < -0.39 is 0 Å². The molecule has 2 atom stereocenters. The quantitative estimate of drug-likeness (QED) is 0.690. The van der Waals surface area contributed by atoms with E-state index in [9.17, 15) is 0 Å². The first kappa shape index (κ1) is 14.9. The van der Waals surface area contributed by atoms with Gasteiger partial charge in [-0.1, -0.05) is 6.92 Å². The summed E-state index contributed by atoms with van der Waals surface area (Å²) in [5.41, 5.74) is 0. The maximum atomic E-state index is 5.53. The molecule has 1 aliphatic rings. The zero-order valence-electron chi connectivity index (χ0n) is 11.6.